The van der Waals surface area contributed by atoms with E-state index in [0.29, 0.717) is 0 Å². The number of carbonyl (C=O) groups excluding carboxylic acids is 1. The second-order valence-electron chi connectivity index (χ2n) is 8.94. The number of nitrogens with one attached hydrogen (secondary N) is 1. The summed E-state index contributed by atoms with van der Waals surface area (Å²) in [6.07, 6.45) is 7.12. The van der Waals surface area contributed by atoms with E-state index >= 15 is 0 Å². The Labute approximate surface area is 180 Å². The molecule has 0 radical (unpaired) electrons. The van der Waals surface area contributed by atoms with Crippen LogP contribution in [0.2, 0.25) is 0 Å². The molecule has 4 nitrogen and oxygen atoms in total. The van der Waals surface area contributed by atoms with Crippen molar-refractivity contribution in [3.63, 3.8) is 0 Å². The van der Waals surface area contributed by atoms with Gasteiger partial charge < -0.3 is 15.0 Å². The summed E-state index contributed by atoms with van der Waals surface area (Å²) in [4.78, 5) is 14.9. The summed E-state index contributed by atoms with van der Waals surface area (Å²) in [5, 5.41) is 3.07. The number of rotatable bonds is 6. The topological polar surface area (TPSA) is 41.6 Å². The molecule has 2 aromatic carbocycles. The summed E-state index contributed by atoms with van der Waals surface area (Å²) in [6, 6.07) is 14.8. The van der Waals surface area contributed by atoms with E-state index in [1.165, 1.54) is 42.5 Å². The van der Waals surface area contributed by atoms with Crippen molar-refractivity contribution in [3.05, 3.63) is 59.2 Å². The molecule has 1 saturated heterocycles. The van der Waals surface area contributed by atoms with Crippen molar-refractivity contribution in [2.24, 2.45) is 5.92 Å². The van der Waals surface area contributed by atoms with Crippen molar-refractivity contribution in [2.45, 2.75) is 58.4 Å². The smallest absolute Gasteiger partial charge is 0.258 e. The number of anilines is 1. The molecule has 1 aliphatic carbocycles. The van der Waals surface area contributed by atoms with Gasteiger partial charge in [-0.25, -0.2) is 0 Å². The molecule has 1 amide bonds. The van der Waals surface area contributed by atoms with Crippen molar-refractivity contribution < 1.29 is 9.53 Å². The zero-order valence-electron chi connectivity index (χ0n) is 18.3. The molecule has 30 heavy (non-hydrogen) atoms. The van der Waals surface area contributed by atoms with Gasteiger partial charge in [-0.15, -0.1) is 0 Å². The minimum Gasteiger partial charge on any atom is -0.483 e. The highest BCUT2D eigenvalue weighted by molar-refractivity contribution is 5.78. The molecule has 1 N–H and O–H groups in total. The Hall–Kier alpha value is -2.49. The Morgan fingerprint density at radius 1 is 1.10 bits per heavy atom. The molecule has 4 heteroatoms. The number of nitrogens with zero attached hydrogens (tertiary/aromatic N) is 1. The predicted molar refractivity (Wildman–Crippen MR) is 122 cm³/mol. The zero-order valence-corrected chi connectivity index (χ0v) is 18.3. The SMILES string of the molecule is CC1CCN(c2ccc([C@@H](C)NC(=O)COc3cccc4c3CCCC4)cc2)CC1. The number of ether oxygens (including phenoxy) is 1. The van der Waals surface area contributed by atoms with E-state index in [-0.39, 0.29) is 18.6 Å². The molecule has 2 aliphatic rings. The summed E-state index contributed by atoms with van der Waals surface area (Å²) in [5.74, 6) is 1.62. The third-order valence-electron chi connectivity index (χ3n) is 6.63. The minimum absolute atomic E-state index is 0.0405. The third-order valence-corrected chi connectivity index (χ3v) is 6.63. The Kier molecular flexibility index (Phi) is 6.61. The van der Waals surface area contributed by atoms with Crippen LogP contribution in [0, 0.1) is 5.92 Å². The van der Waals surface area contributed by atoms with E-state index in [1.807, 2.05) is 19.1 Å². The molecule has 2 aromatic rings. The quantitative estimate of drug-likeness (QED) is 0.729. The first-order chi connectivity index (χ1) is 14.6. The van der Waals surface area contributed by atoms with E-state index in [2.05, 4.69) is 47.5 Å². The van der Waals surface area contributed by atoms with Crippen molar-refractivity contribution in [2.75, 3.05) is 24.6 Å². The molecule has 160 valence electrons. The molecule has 1 atom stereocenters. The molecule has 0 spiro atoms. The standard InChI is InChI=1S/C26H34N2O2/c1-19-14-16-28(17-15-19)23-12-10-21(11-13-23)20(2)27-26(29)18-30-25-9-5-7-22-6-3-4-8-24(22)25/h5,7,9-13,19-20H,3-4,6,8,14-18H2,1-2H3,(H,27,29)/t20-/m1/s1. The number of piperidine rings is 1. The predicted octanol–water partition coefficient (Wildman–Crippen LogP) is 5.06. The fraction of sp³-hybridized carbons (Fsp3) is 0.500. The fourth-order valence-electron chi connectivity index (χ4n) is 4.63. The molecular weight excluding hydrogens is 372 g/mol. The molecule has 0 bridgehead atoms. The third kappa shape index (κ3) is 4.97. The van der Waals surface area contributed by atoms with Crippen LogP contribution in [0.15, 0.2) is 42.5 Å². The van der Waals surface area contributed by atoms with Gasteiger partial charge >= 0.3 is 0 Å². The van der Waals surface area contributed by atoms with E-state index in [9.17, 15) is 4.79 Å². The molecule has 1 aliphatic heterocycles. The van der Waals surface area contributed by atoms with E-state index in [1.54, 1.807) is 0 Å². The second-order valence-corrected chi connectivity index (χ2v) is 8.94. The van der Waals surface area contributed by atoms with Gasteiger partial charge in [0.05, 0.1) is 6.04 Å². The summed E-state index contributed by atoms with van der Waals surface area (Å²) >= 11 is 0. The highest BCUT2D eigenvalue weighted by atomic mass is 16.5. The number of fused-ring (bicyclic) bond motifs is 1. The van der Waals surface area contributed by atoms with Crippen molar-refractivity contribution >= 4 is 11.6 Å². The fourth-order valence-corrected chi connectivity index (χ4v) is 4.63. The molecule has 0 saturated carbocycles. The normalized spacial score (nSPS) is 17.9. The van der Waals surface area contributed by atoms with Crippen molar-refractivity contribution in [1.29, 1.82) is 0 Å². The van der Waals surface area contributed by atoms with E-state index in [0.717, 1.165) is 43.2 Å². The average Bonchev–Trinajstić information content (AvgIpc) is 2.78. The Morgan fingerprint density at radius 2 is 1.83 bits per heavy atom. The molecule has 1 fully saturated rings. The zero-order chi connectivity index (χ0) is 20.9. The van der Waals surface area contributed by atoms with Crippen LogP contribution in [0.3, 0.4) is 0 Å². The largest absolute Gasteiger partial charge is 0.483 e. The van der Waals surface area contributed by atoms with Crippen molar-refractivity contribution in [3.8, 4) is 5.75 Å². The maximum atomic E-state index is 12.5. The van der Waals surface area contributed by atoms with Crippen LogP contribution in [0.4, 0.5) is 5.69 Å². The van der Waals surface area contributed by atoms with Gasteiger partial charge in [-0.05, 0) is 86.3 Å². The van der Waals surface area contributed by atoms with E-state index in [4.69, 9.17) is 4.74 Å². The number of carbonyl (C=O) groups is 1. The molecule has 4 rings (SSSR count). The van der Waals surface area contributed by atoms with Crippen molar-refractivity contribution in [1.82, 2.24) is 5.32 Å². The molecular formula is C26H34N2O2. The van der Waals surface area contributed by atoms with Crippen LogP contribution in [-0.2, 0) is 17.6 Å². The lowest BCUT2D eigenvalue weighted by Crippen LogP contribution is -2.33. The van der Waals surface area contributed by atoms with Crippen LogP contribution in [0.1, 0.15) is 62.3 Å². The monoisotopic (exact) mass is 406 g/mol. The van der Waals surface area contributed by atoms with Gasteiger partial charge in [0.25, 0.3) is 5.91 Å². The van der Waals surface area contributed by atoms with Gasteiger partial charge in [-0.2, -0.15) is 0 Å². The highest BCUT2D eigenvalue weighted by Crippen LogP contribution is 2.29. The molecule has 0 aromatic heterocycles. The van der Waals surface area contributed by atoms with Crippen LogP contribution in [0.5, 0.6) is 5.75 Å². The minimum atomic E-state index is -0.0787. The van der Waals surface area contributed by atoms with Gasteiger partial charge in [-0.1, -0.05) is 31.2 Å². The van der Waals surface area contributed by atoms with Gasteiger partial charge in [0.1, 0.15) is 5.75 Å². The number of benzene rings is 2. The van der Waals surface area contributed by atoms with E-state index < -0.39 is 0 Å². The Morgan fingerprint density at radius 3 is 2.60 bits per heavy atom. The molecule has 0 unspecified atom stereocenters. The lowest BCUT2D eigenvalue weighted by Gasteiger charge is -2.32. The Bertz CT molecular complexity index is 854. The first-order valence-corrected chi connectivity index (χ1v) is 11.5. The van der Waals surface area contributed by atoms with Crippen LogP contribution < -0.4 is 15.0 Å². The van der Waals surface area contributed by atoms with Gasteiger partial charge in [0.15, 0.2) is 6.61 Å². The number of aryl methyl sites for hydroxylation is 1. The van der Waals surface area contributed by atoms with Gasteiger partial charge in [-0.3, -0.25) is 4.79 Å². The summed E-state index contributed by atoms with van der Waals surface area (Å²) in [5.41, 5.74) is 5.05. The second kappa shape index (κ2) is 9.55. The maximum Gasteiger partial charge on any atom is 0.258 e. The van der Waals surface area contributed by atoms with Gasteiger partial charge in [0, 0.05) is 18.8 Å². The van der Waals surface area contributed by atoms with Crippen LogP contribution >= 0.6 is 0 Å². The highest BCUT2D eigenvalue weighted by Gasteiger charge is 2.18. The summed E-state index contributed by atoms with van der Waals surface area (Å²) in [6.45, 7) is 6.69. The lowest BCUT2D eigenvalue weighted by atomic mass is 9.91. The first-order valence-electron chi connectivity index (χ1n) is 11.5. The maximum absolute atomic E-state index is 12.5. The van der Waals surface area contributed by atoms with Crippen LogP contribution in [0.25, 0.3) is 0 Å². The summed E-state index contributed by atoms with van der Waals surface area (Å²) < 4.78 is 5.89. The number of amides is 1. The number of hydrogen-bond acceptors (Lipinski definition) is 3. The lowest BCUT2D eigenvalue weighted by molar-refractivity contribution is -0.123. The van der Waals surface area contributed by atoms with Gasteiger partial charge in [0.2, 0.25) is 0 Å². The Balaban J connectivity index is 1.29. The number of hydrogen-bond donors (Lipinski definition) is 1. The molecule has 1 heterocycles. The average molecular weight is 407 g/mol. The first kappa shape index (κ1) is 20.8. The van der Waals surface area contributed by atoms with Crippen LogP contribution in [-0.4, -0.2) is 25.6 Å². The summed E-state index contributed by atoms with van der Waals surface area (Å²) in [7, 11) is 0.